The average molecular weight is 248 g/mol. The largest absolute Gasteiger partial charge is 0.388 e. The van der Waals surface area contributed by atoms with E-state index in [-0.39, 0.29) is 5.92 Å². The molecule has 2 saturated carbocycles. The van der Waals surface area contributed by atoms with Gasteiger partial charge in [0, 0.05) is 12.5 Å². The Hall–Kier alpha value is -0.590. The summed E-state index contributed by atoms with van der Waals surface area (Å²) in [5.74, 6) is 1.39. The van der Waals surface area contributed by atoms with Gasteiger partial charge in [-0.3, -0.25) is 0 Å². The molecule has 0 aromatic carbocycles. The normalized spacial score (nSPS) is 51.3. The lowest BCUT2D eigenvalue weighted by molar-refractivity contribution is -0.139. The third-order valence-corrected chi connectivity index (χ3v) is 6.06. The van der Waals surface area contributed by atoms with Crippen LogP contribution in [0.5, 0.6) is 0 Å². The van der Waals surface area contributed by atoms with Crippen molar-refractivity contribution in [2.75, 3.05) is 13.1 Å². The van der Waals surface area contributed by atoms with Gasteiger partial charge < -0.3 is 10.4 Å². The quantitative estimate of drug-likeness (QED) is 0.786. The van der Waals surface area contributed by atoms with E-state index in [1.54, 1.807) is 0 Å². The molecule has 0 aromatic heterocycles. The summed E-state index contributed by atoms with van der Waals surface area (Å²) in [6.45, 7) is 3.86. The number of aliphatic hydroxyl groups is 1. The molecule has 1 saturated heterocycles. The molecule has 3 rings (SSSR count). The van der Waals surface area contributed by atoms with Crippen molar-refractivity contribution in [3.63, 3.8) is 0 Å². The molecule has 2 bridgehead atoms. The standard InChI is InChI=1S/C15H24N2O/c1-2-12-9-17-6-5-15(12,18)14(10-16)8-11-3-4-13(14)7-11/h11-13,17-18H,2-9H2,1H3. The first-order valence-electron chi connectivity index (χ1n) is 7.50. The van der Waals surface area contributed by atoms with Crippen molar-refractivity contribution in [1.29, 1.82) is 5.26 Å². The molecule has 3 nitrogen and oxygen atoms in total. The van der Waals surface area contributed by atoms with Gasteiger partial charge in [0.25, 0.3) is 0 Å². The van der Waals surface area contributed by atoms with E-state index in [1.807, 2.05) is 0 Å². The smallest absolute Gasteiger partial charge is 0.0894 e. The highest BCUT2D eigenvalue weighted by molar-refractivity contribution is 5.22. The van der Waals surface area contributed by atoms with Crippen LogP contribution in [-0.2, 0) is 0 Å². The highest BCUT2D eigenvalue weighted by atomic mass is 16.3. The number of nitrogens with one attached hydrogen (secondary N) is 1. The minimum absolute atomic E-state index is 0.241. The molecule has 100 valence electrons. The molecule has 18 heavy (non-hydrogen) atoms. The van der Waals surface area contributed by atoms with E-state index in [0.29, 0.717) is 11.8 Å². The van der Waals surface area contributed by atoms with Gasteiger partial charge in [0.2, 0.25) is 0 Å². The van der Waals surface area contributed by atoms with Crippen LogP contribution in [0.1, 0.15) is 45.4 Å². The maximum atomic E-state index is 11.3. The van der Waals surface area contributed by atoms with Crippen LogP contribution < -0.4 is 5.32 Å². The summed E-state index contributed by atoms with van der Waals surface area (Å²) < 4.78 is 0. The summed E-state index contributed by atoms with van der Waals surface area (Å²) in [5, 5.41) is 24.6. The molecule has 1 aliphatic heterocycles. The second-order valence-electron chi connectivity index (χ2n) is 6.65. The molecule has 3 heteroatoms. The number of rotatable bonds is 2. The zero-order valence-electron chi connectivity index (χ0n) is 11.3. The number of fused-ring (bicyclic) bond motifs is 2. The van der Waals surface area contributed by atoms with Gasteiger partial charge in [-0.25, -0.2) is 0 Å². The van der Waals surface area contributed by atoms with E-state index in [4.69, 9.17) is 0 Å². The van der Waals surface area contributed by atoms with E-state index >= 15 is 0 Å². The number of nitrogens with zero attached hydrogens (tertiary/aromatic N) is 1. The second kappa shape index (κ2) is 4.21. The topological polar surface area (TPSA) is 56.0 Å². The highest BCUT2D eigenvalue weighted by Gasteiger charge is 2.64. The molecule has 2 N–H and O–H groups in total. The molecule has 1 heterocycles. The molecule has 3 aliphatic rings. The Morgan fingerprint density at radius 1 is 1.44 bits per heavy atom. The molecule has 0 amide bonds. The summed E-state index contributed by atoms with van der Waals surface area (Å²) >= 11 is 0. The van der Waals surface area contributed by atoms with Crippen LogP contribution in [0.2, 0.25) is 0 Å². The highest BCUT2D eigenvalue weighted by Crippen LogP contribution is 2.62. The summed E-state index contributed by atoms with van der Waals surface area (Å²) in [4.78, 5) is 0. The molecule has 0 aromatic rings. The predicted molar refractivity (Wildman–Crippen MR) is 69.7 cm³/mol. The molecule has 5 unspecified atom stereocenters. The summed E-state index contributed by atoms with van der Waals surface area (Å²) in [6.07, 6.45) is 6.27. The van der Waals surface area contributed by atoms with Crippen molar-refractivity contribution in [3.8, 4) is 6.07 Å². The van der Waals surface area contributed by atoms with E-state index in [1.165, 1.54) is 12.8 Å². The molecule has 2 aliphatic carbocycles. The van der Waals surface area contributed by atoms with Crippen LogP contribution in [0.4, 0.5) is 0 Å². The Labute approximate surface area is 110 Å². The van der Waals surface area contributed by atoms with Gasteiger partial charge in [0.05, 0.1) is 17.1 Å². The van der Waals surface area contributed by atoms with Gasteiger partial charge in [-0.1, -0.05) is 13.3 Å². The summed E-state index contributed by atoms with van der Waals surface area (Å²) in [5.41, 5.74) is -1.19. The van der Waals surface area contributed by atoms with E-state index in [9.17, 15) is 10.4 Å². The monoisotopic (exact) mass is 248 g/mol. The zero-order chi connectivity index (χ0) is 12.8. The SMILES string of the molecule is CCC1CNCCC1(O)C1(C#N)CC2CCC1C2. The fraction of sp³-hybridized carbons (Fsp3) is 0.933. The lowest BCUT2D eigenvalue weighted by Crippen LogP contribution is -2.61. The van der Waals surface area contributed by atoms with Crippen LogP contribution in [0, 0.1) is 34.5 Å². The van der Waals surface area contributed by atoms with Gasteiger partial charge >= 0.3 is 0 Å². The molecule has 3 fully saturated rings. The maximum absolute atomic E-state index is 11.3. The first-order chi connectivity index (χ1) is 8.66. The molecule has 5 atom stereocenters. The first-order valence-corrected chi connectivity index (χ1v) is 7.50. The van der Waals surface area contributed by atoms with Crippen molar-refractivity contribution in [2.24, 2.45) is 23.2 Å². The second-order valence-corrected chi connectivity index (χ2v) is 6.65. The Morgan fingerprint density at radius 3 is 2.83 bits per heavy atom. The minimum atomic E-state index is -0.748. The van der Waals surface area contributed by atoms with Gasteiger partial charge in [0.1, 0.15) is 0 Å². The molecular formula is C15H24N2O. The van der Waals surface area contributed by atoms with Gasteiger partial charge in [-0.2, -0.15) is 5.26 Å². The lowest BCUT2D eigenvalue weighted by Gasteiger charge is -2.52. The van der Waals surface area contributed by atoms with Crippen LogP contribution in [0.3, 0.4) is 0 Å². The number of hydrogen-bond donors (Lipinski definition) is 2. The van der Waals surface area contributed by atoms with Crippen LogP contribution in [0.25, 0.3) is 0 Å². The van der Waals surface area contributed by atoms with Crippen LogP contribution in [-0.4, -0.2) is 23.8 Å². The van der Waals surface area contributed by atoms with Crippen molar-refractivity contribution in [3.05, 3.63) is 0 Å². The van der Waals surface area contributed by atoms with Gasteiger partial charge in [-0.15, -0.1) is 0 Å². The van der Waals surface area contributed by atoms with Crippen LogP contribution in [0.15, 0.2) is 0 Å². The average Bonchev–Trinajstić information content (AvgIpc) is 3.00. The van der Waals surface area contributed by atoms with Crippen LogP contribution >= 0.6 is 0 Å². The number of hydrogen-bond acceptors (Lipinski definition) is 3. The molecule has 0 radical (unpaired) electrons. The fourth-order valence-electron chi connectivity index (χ4n) is 5.09. The third kappa shape index (κ3) is 1.42. The number of nitriles is 1. The summed E-state index contributed by atoms with van der Waals surface area (Å²) in [6, 6.07) is 2.61. The van der Waals surface area contributed by atoms with Gasteiger partial charge in [0.15, 0.2) is 0 Å². The predicted octanol–water partition coefficient (Wildman–Crippen LogP) is 2.07. The van der Waals surface area contributed by atoms with Crippen molar-refractivity contribution in [1.82, 2.24) is 5.32 Å². The van der Waals surface area contributed by atoms with E-state index in [0.717, 1.165) is 38.8 Å². The van der Waals surface area contributed by atoms with Gasteiger partial charge in [-0.05, 0) is 50.5 Å². The molecule has 0 spiro atoms. The fourth-order valence-corrected chi connectivity index (χ4v) is 5.09. The Bertz CT molecular complexity index is 377. The van der Waals surface area contributed by atoms with E-state index in [2.05, 4.69) is 18.3 Å². The third-order valence-electron chi connectivity index (χ3n) is 6.06. The minimum Gasteiger partial charge on any atom is -0.388 e. The number of piperidine rings is 1. The van der Waals surface area contributed by atoms with Crippen molar-refractivity contribution >= 4 is 0 Å². The first kappa shape index (κ1) is 12.4. The van der Waals surface area contributed by atoms with E-state index < -0.39 is 11.0 Å². The lowest BCUT2D eigenvalue weighted by atomic mass is 9.56. The summed E-state index contributed by atoms with van der Waals surface area (Å²) in [7, 11) is 0. The maximum Gasteiger partial charge on any atom is 0.0894 e. The van der Waals surface area contributed by atoms with Crippen molar-refractivity contribution in [2.45, 2.75) is 51.0 Å². The van der Waals surface area contributed by atoms with Crippen molar-refractivity contribution < 1.29 is 5.11 Å². The molecular weight excluding hydrogens is 224 g/mol. The zero-order valence-corrected chi connectivity index (χ0v) is 11.3. The Balaban J connectivity index is 1.97. The Kier molecular flexibility index (Phi) is 2.91. The Morgan fingerprint density at radius 2 is 2.28 bits per heavy atom.